The first kappa shape index (κ1) is 12.4. The van der Waals surface area contributed by atoms with Crippen molar-refractivity contribution in [3.8, 4) is 0 Å². The fourth-order valence-corrected chi connectivity index (χ4v) is 2.66. The van der Waals surface area contributed by atoms with Crippen LogP contribution >= 0.6 is 0 Å². The molecule has 1 saturated heterocycles. The molecule has 1 aromatic carbocycles. The van der Waals surface area contributed by atoms with Crippen LogP contribution in [0.2, 0.25) is 0 Å². The van der Waals surface area contributed by atoms with Gasteiger partial charge in [0, 0.05) is 25.4 Å². The molecular weight excluding hydrogens is 210 g/mol. The van der Waals surface area contributed by atoms with Crippen LogP contribution in [0.4, 0.5) is 5.69 Å². The zero-order valence-electron chi connectivity index (χ0n) is 11.2. The quantitative estimate of drug-likeness (QED) is 0.863. The van der Waals surface area contributed by atoms with Gasteiger partial charge in [-0.3, -0.25) is 0 Å². The monoisotopic (exact) mass is 233 g/mol. The minimum Gasteiger partial charge on any atom is -0.384 e. The minimum atomic E-state index is 0.767. The Balaban J connectivity index is 1.98. The lowest BCUT2D eigenvalue weighted by Gasteiger charge is -2.24. The molecule has 0 spiro atoms. The topological polar surface area (TPSA) is 21.3 Å². The number of hydrogen-bond donors (Lipinski definition) is 1. The first-order valence-corrected chi connectivity index (χ1v) is 6.56. The molecule has 2 nitrogen and oxygen atoms in total. The number of rotatable bonds is 3. The van der Waals surface area contributed by atoms with Crippen LogP contribution in [-0.2, 0) is 4.74 Å². The molecule has 0 amide bonds. The third kappa shape index (κ3) is 3.22. The lowest BCUT2D eigenvalue weighted by atomic mass is 9.99. The first-order chi connectivity index (χ1) is 8.16. The SMILES string of the molecule is Cc1cc(C)c(NCC2CCOCC2)c(C)c1. The van der Waals surface area contributed by atoms with Crippen molar-refractivity contribution in [3.05, 3.63) is 28.8 Å². The first-order valence-electron chi connectivity index (χ1n) is 6.56. The standard InChI is InChI=1S/C15H23NO/c1-11-8-12(2)15(13(3)9-11)16-10-14-4-6-17-7-5-14/h8-9,14,16H,4-7,10H2,1-3H3. The second-order valence-electron chi connectivity index (χ2n) is 5.21. The van der Waals surface area contributed by atoms with Gasteiger partial charge in [0.15, 0.2) is 0 Å². The number of hydrogen-bond acceptors (Lipinski definition) is 2. The predicted octanol–water partition coefficient (Wildman–Crippen LogP) is 3.45. The second-order valence-corrected chi connectivity index (χ2v) is 5.21. The number of ether oxygens (including phenoxy) is 1. The molecule has 0 unspecified atom stereocenters. The smallest absolute Gasteiger partial charge is 0.0469 e. The molecule has 1 fully saturated rings. The van der Waals surface area contributed by atoms with Gasteiger partial charge in [-0.25, -0.2) is 0 Å². The number of aryl methyl sites for hydroxylation is 3. The minimum absolute atomic E-state index is 0.767. The number of anilines is 1. The van der Waals surface area contributed by atoms with Crippen LogP contribution in [0, 0.1) is 26.7 Å². The molecule has 0 bridgehead atoms. The molecule has 1 aliphatic rings. The summed E-state index contributed by atoms with van der Waals surface area (Å²) >= 11 is 0. The van der Waals surface area contributed by atoms with E-state index in [2.05, 4.69) is 38.2 Å². The van der Waals surface area contributed by atoms with Crippen LogP contribution in [0.5, 0.6) is 0 Å². The van der Waals surface area contributed by atoms with Gasteiger partial charge in [0.25, 0.3) is 0 Å². The summed E-state index contributed by atoms with van der Waals surface area (Å²) in [6.07, 6.45) is 2.38. The fraction of sp³-hybridized carbons (Fsp3) is 0.600. The Hall–Kier alpha value is -1.02. The van der Waals surface area contributed by atoms with Crippen molar-refractivity contribution in [2.45, 2.75) is 33.6 Å². The number of nitrogens with one attached hydrogen (secondary N) is 1. The van der Waals surface area contributed by atoms with Crippen LogP contribution in [0.3, 0.4) is 0 Å². The van der Waals surface area contributed by atoms with E-state index in [9.17, 15) is 0 Å². The molecule has 1 heterocycles. The second kappa shape index (κ2) is 5.54. The third-order valence-electron chi connectivity index (χ3n) is 3.59. The predicted molar refractivity (Wildman–Crippen MR) is 72.7 cm³/mol. The van der Waals surface area contributed by atoms with Crippen LogP contribution in [-0.4, -0.2) is 19.8 Å². The van der Waals surface area contributed by atoms with E-state index in [-0.39, 0.29) is 0 Å². The van der Waals surface area contributed by atoms with Crippen LogP contribution < -0.4 is 5.32 Å². The Labute approximate surface area is 104 Å². The summed E-state index contributed by atoms with van der Waals surface area (Å²) in [5, 5.41) is 3.62. The van der Waals surface area contributed by atoms with E-state index in [4.69, 9.17) is 4.74 Å². The van der Waals surface area contributed by atoms with E-state index >= 15 is 0 Å². The Bertz CT molecular complexity index is 358. The maximum absolute atomic E-state index is 5.39. The molecule has 0 aromatic heterocycles. The maximum Gasteiger partial charge on any atom is 0.0469 e. The van der Waals surface area contributed by atoms with Crippen molar-refractivity contribution in [3.63, 3.8) is 0 Å². The zero-order valence-corrected chi connectivity index (χ0v) is 11.2. The molecular formula is C15H23NO. The van der Waals surface area contributed by atoms with Gasteiger partial charge in [0.1, 0.15) is 0 Å². The fourth-order valence-electron chi connectivity index (χ4n) is 2.66. The molecule has 1 N–H and O–H groups in total. The van der Waals surface area contributed by atoms with E-state index in [1.54, 1.807) is 0 Å². The molecule has 0 aliphatic carbocycles. The molecule has 2 rings (SSSR count). The lowest BCUT2D eigenvalue weighted by Crippen LogP contribution is -2.23. The van der Waals surface area contributed by atoms with Gasteiger partial charge >= 0.3 is 0 Å². The van der Waals surface area contributed by atoms with Crippen molar-refractivity contribution in [2.75, 3.05) is 25.1 Å². The van der Waals surface area contributed by atoms with Gasteiger partial charge in [-0.1, -0.05) is 17.7 Å². The lowest BCUT2D eigenvalue weighted by molar-refractivity contribution is 0.0699. The average Bonchev–Trinajstić information content (AvgIpc) is 2.29. The van der Waals surface area contributed by atoms with E-state index in [1.165, 1.54) is 35.2 Å². The van der Waals surface area contributed by atoms with E-state index < -0.39 is 0 Å². The summed E-state index contributed by atoms with van der Waals surface area (Å²) in [5.41, 5.74) is 5.38. The van der Waals surface area contributed by atoms with Crippen molar-refractivity contribution < 1.29 is 4.74 Å². The molecule has 17 heavy (non-hydrogen) atoms. The third-order valence-corrected chi connectivity index (χ3v) is 3.59. The molecule has 1 aliphatic heterocycles. The number of benzene rings is 1. The molecule has 0 saturated carbocycles. The highest BCUT2D eigenvalue weighted by atomic mass is 16.5. The zero-order chi connectivity index (χ0) is 12.3. The largest absolute Gasteiger partial charge is 0.384 e. The van der Waals surface area contributed by atoms with E-state index in [0.29, 0.717) is 0 Å². The maximum atomic E-state index is 5.39. The Morgan fingerprint density at radius 3 is 2.29 bits per heavy atom. The van der Waals surface area contributed by atoms with Gasteiger partial charge in [-0.15, -0.1) is 0 Å². The summed E-state index contributed by atoms with van der Waals surface area (Å²) in [5.74, 6) is 0.767. The van der Waals surface area contributed by atoms with Gasteiger partial charge in [0.2, 0.25) is 0 Å². The molecule has 94 valence electrons. The van der Waals surface area contributed by atoms with E-state index in [1.807, 2.05) is 0 Å². The highest BCUT2D eigenvalue weighted by Gasteiger charge is 2.14. The molecule has 0 atom stereocenters. The van der Waals surface area contributed by atoms with Crippen molar-refractivity contribution >= 4 is 5.69 Å². The Kier molecular flexibility index (Phi) is 4.06. The van der Waals surface area contributed by atoms with Crippen LogP contribution in [0.15, 0.2) is 12.1 Å². The van der Waals surface area contributed by atoms with Crippen LogP contribution in [0.25, 0.3) is 0 Å². The Morgan fingerprint density at radius 2 is 1.71 bits per heavy atom. The van der Waals surface area contributed by atoms with Gasteiger partial charge in [0.05, 0.1) is 0 Å². The Morgan fingerprint density at radius 1 is 1.12 bits per heavy atom. The molecule has 1 aromatic rings. The van der Waals surface area contributed by atoms with Gasteiger partial charge in [-0.05, 0) is 50.7 Å². The highest BCUT2D eigenvalue weighted by Crippen LogP contribution is 2.23. The van der Waals surface area contributed by atoms with E-state index in [0.717, 1.165) is 25.7 Å². The normalized spacial score (nSPS) is 17.1. The molecule has 2 heteroatoms. The van der Waals surface area contributed by atoms with Crippen molar-refractivity contribution in [1.82, 2.24) is 0 Å². The van der Waals surface area contributed by atoms with Crippen LogP contribution in [0.1, 0.15) is 29.5 Å². The van der Waals surface area contributed by atoms with Crippen molar-refractivity contribution in [2.24, 2.45) is 5.92 Å². The summed E-state index contributed by atoms with van der Waals surface area (Å²) in [4.78, 5) is 0. The van der Waals surface area contributed by atoms with Crippen molar-refractivity contribution in [1.29, 1.82) is 0 Å². The molecule has 0 radical (unpaired) electrons. The average molecular weight is 233 g/mol. The van der Waals surface area contributed by atoms with Gasteiger partial charge < -0.3 is 10.1 Å². The van der Waals surface area contributed by atoms with Gasteiger partial charge in [-0.2, -0.15) is 0 Å². The summed E-state index contributed by atoms with van der Waals surface area (Å²) in [6.45, 7) is 9.46. The summed E-state index contributed by atoms with van der Waals surface area (Å²) in [6, 6.07) is 4.50. The summed E-state index contributed by atoms with van der Waals surface area (Å²) < 4.78 is 5.39. The highest BCUT2D eigenvalue weighted by molar-refractivity contribution is 5.58. The summed E-state index contributed by atoms with van der Waals surface area (Å²) in [7, 11) is 0.